The Morgan fingerprint density at radius 1 is 0.877 bits per heavy atom. The van der Waals surface area contributed by atoms with E-state index >= 15 is 0 Å². The highest BCUT2D eigenvalue weighted by Gasteiger charge is 2.31. The van der Waals surface area contributed by atoms with E-state index < -0.39 is 11.9 Å². The molecule has 1 atom stereocenters. The van der Waals surface area contributed by atoms with Gasteiger partial charge in [0, 0.05) is 69.0 Å². The van der Waals surface area contributed by atoms with Gasteiger partial charge in [0.2, 0.25) is 11.8 Å². The number of aromatic nitrogens is 5. The Morgan fingerprint density at radius 3 is 2.40 bits per heavy atom. The van der Waals surface area contributed by atoms with Crippen molar-refractivity contribution >= 4 is 33.9 Å². The van der Waals surface area contributed by atoms with Gasteiger partial charge in [-0.25, -0.2) is 14.8 Å². The molecular formula is C45H59N7O5. The van der Waals surface area contributed by atoms with E-state index in [9.17, 15) is 19.5 Å². The number of carbonyl (C=O) groups excluding carboxylic acids is 2. The highest BCUT2D eigenvalue weighted by Crippen LogP contribution is 2.36. The number of aliphatic hydroxyl groups is 1. The van der Waals surface area contributed by atoms with Crippen molar-refractivity contribution in [3.05, 3.63) is 82.3 Å². The number of rotatable bonds is 19. The van der Waals surface area contributed by atoms with Crippen LogP contribution in [0.2, 0.25) is 0 Å². The van der Waals surface area contributed by atoms with E-state index in [0.717, 1.165) is 125 Å². The van der Waals surface area contributed by atoms with E-state index in [0.29, 0.717) is 18.0 Å². The highest BCUT2D eigenvalue weighted by atomic mass is 16.5. The first-order valence-electron chi connectivity index (χ1n) is 21.3. The van der Waals surface area contributed by atoms with Crippen molar-refractivity contribution in [3.8, 4) is 11.1 Å². The van der Waals surface area contributed by atoms with Crippen LogP contribution in [0.4, 0.5) is 0 Å². The summed E-state index contributed by atoms with van der Waals surface area (Å²) < 4.78 is 11.4. The zero-order chi connectivity index (χ0) is 39.7. The smallest absolute Gasteiger partial charge is 0.329 e. The molecule has 304 valence electrons. The molecule has 7 rings (SSSR count). The third kappa shape index (κ3) is 9.73. The van der Waals surface area contributed by atoms with Gasteiger partial charge >= 0.3 is 5.69 Å². The molecule has 2 aliphatic rings. The second-order valence-corrected chi connectivity index (χ2v) is 16.0. The van der Waals surface area contributed by atoms with Crippen molar-refractivity contribution in [2.24, 2.45) is 7.05 Å². The van der Waals surface area contributed by atoms with Crippen molar-refractivity contribution < 1.29 is 19.4 Å². The lowest BCUT2D eigenvalue weighted by Crippen LogP contribution is -2.44. The molecule has 3 aromatic heterocycles. The zero-order valence-corrected chi connectivity index (χ0v) is 33.7. The predicted octanol–water partition coefficient (Wildman–Crippen LogP) is 6.85. The summed E-state index contributed by atoms with van der Waals surface area (Å²) in [4.78, 5) is 47.0. The van der Waals surface area contributed by atoms with Gasteiger partial charge in [-0.05, 0) is 106 Å². The molecule has 5 aromatic rings. The second-order valence-electron chi connectivity index (χ2n) is 16.0. The van der Waals surface area contributed by atoms with E-state index in [4.69, 9.17) is 14.7 Å². The van der Waals surface area contributed by atoms with Crippen LogP contribution in [0.1, 0.15) is 119 Å². The summed E-state index contributed by atoms with van der Waals surface area (Å²) in [6.45, 7) is 5.44. The molecule has 0 bridgehead atoms. The summed E-state index contributed by atoms with van der Waals surface area (Å²) in [5.74, 6) is 0.214. The summed E-state index contributed by atoms with van der Waals surface area (Å²) >= 11 is 0. The molecule has 1 saturated carbocycles. The number of fused-ring (bicyclic) bond motifs is 2. The van der Waals surface area contributed by atoms with Crippen molar-refractivity contribution in [2.45, 2.75) is 128 Å². The van der Waals surface area contributed by atoms with Crippen LogP contribution in [0.15, 0.2) is 59.7 Å². The number of amides is 2. The van der Waals surface area contributed by atoms with Crippen LogP contribution in [0, 0.1) is 0 Å². The molecule has 0 spiro atoms. The van der Waals surface area contributed by atoms with Crippen molar-refractivity contribution in [2.75, 3.05) is 19.8 Å². The van der Waals surface area contributed by atoms with Gasteiger partial charge in [-0.3, -0.25) is 24.0 Å². The van der Waals surface area contributed by atoms with Gasteiger partial charge in [0.1, 0.15) is 17.5 Å². The van der Waals surface area contributed by atoms with Crippen LogP contribution in [0.5, 0.6) is 0 Å². The molecule has 2 amide bonds. The SMILES string of the molecule is CCCCCc1ncc2c(-c3ccc(CNCCCCOCCCCc4ccc5c(c4)n(C)c(=O)n5[C@H]4CCC(=O)NC4=O)cc3)cn(C3CCC(O)CC3)c2n1. The number of aryl methyl sites for hydroxylation is 3. The molecular weight excluding hydrogens is 719 g/mol. The third-order valence-corrected chi connectivity index (χ3v) is 11.9. The van der Waals surface area contributed by atoms with Crippen LogP contribution in [-0.2, 0) is 40.8 Å². The first kappa shape index (κ1) is 40.5. The van der Waals surface area contributed by atoms with E-state index in [1.54, 1.807) is 11.6 Å². The number of imide groups is 1. The fourth-order valence-electron chi connectivity index (χ4n) is 8.48. The lowest BCUT2D eigenvalue weighted by Gasteiger charge is -2.27. The molecule has 0 unspecified atom stereocenters. The van der Waals surface area contributed by atoms with Gasteiger partial charge in [-0.15, -0.1) is 0 Å². The summed E-state index contributed by atoms with van der Waals surface area (Å²) in [6, 6.07) is 14.5. The minimum Gasteiger partial charge on any atom is -0.393 e. The molecule has 12 nitrogen and oxygen atoms in total. The van der Waals surface area contributed by atoms with Crippen molar-refractivity contribution in [3.63, 3.8) is 0 Å². The number of ether oxygens (including phenoxy) is 1. The molecule has 1 saturated heterocycles. The average molecular weight is 778 g/mol. The standard InChI is InChI=1S/C45H59N7O5/c1-3-4-5-11-41-47-29-36-37(30-51(43(36)48-41)34-17-19-35(53)20-18-34)33-15-12-32(13-16-33)28-46-24-7-9-26-57-25-8-6-10-31-14-21-38-40(27-31)50(2)45(56)52(38)39-22-23-42(54)49-44(39)55/h12-16,21,27,29-30,34-35,39,46,53H,3-11,17-20,22-26,28H2,1-2H3,(H,49,54,55)/t34?,35?,39-/m0/s1. The lowest BCUT2D eigenvalue weighted by molar-refractivity contribution is -0.135. The highest BCUT2D eigenvalue weighted by molar-refractivity contribution is 6.00. The van der Waals surface area contributed by atoms with Gasteiger partial charge in [0.25, 0.3) is 0 Å². The molecule has 4 heterocycles. The average Bonchev–Trinajstić information content (AvgIpc) is 3.71. The number of nitrogens with one attached hydrogen (secondary N) is 2. The lowest BCUT2D eigenvalue weighted by atomic mass is 9.93. The predicted molar refractivity (Wildman–Crippen MR) is 223 cm³/mol. The number of nitrogens with zero attached hydrogens (tertiary/aromatic N) is 5. The maximum absolute atomic E-state index is 13.0. The normalized spacial score (nSPS) is 18.8. The zero-order valence-electron chi connectivity index (χ0n) is 33.7. The largest absolute Gasteiger partial charge is 0.393 e. The minimum absolute atomic E-state index is 0.189. The van der Waals surface area contributed by atoms with Crippen LogP contribution in [0.25, 0.3) is 33.2 Å². The molecule has 2 aromatic carbocycles. The van der Waals surface area contributed by atoms with E-state index in [2.05, 4.69) is 52.6 Å². The monoisotopic (exact) mass is 777 g/mol. The summed E-state index contributed by atoms with van der Waals surface area (Å²) in [5, 5.41) is 17.2. The number of aliphatic hydroxyl groups excluding tert-OH is 1. The topological polar surface area (TPSA) is 145 Å². The Kier molecular flexibility index (Phi) is 13.7. The van der Waals surface area contributed by atoms with Crippen molar-refractivity contribution in [1.29, 1.82) is 0 Å². The fraction of sp³-hybridized carbons (Fsp3) is 0.533. The third-order valence-electron chi connectivity index (χ3n) is 11.9. The number of hydrogen-bond acceptors (Lipinski definition) is 8. The van der Waals surface area contributed by atoms with Gasteiger partial charge in [-0.2, -0.15) is 0 Å². The van der Waals surface area contributed by atoms with Gasteiger partial charge in [-0.1, -0.05) is 50.1 Å². The number of carbonyl (C=O) groups is 2. The number of benzene rings is 2. The molecule has 1 aliphatic carbocycles. The summed E-state index contributed by atoms with van der Waals surface area (Å²) in [7, 11) is 1.73. The summed E-state index contributed by atoms with van der Waals surface area (Å²) in [6.07, 6.45) is 17.5. The number of hydrogen-bond donors (Lipinski definition) is 3. The maximum Gasteiger partial charge on any atom is 0.329 e. The van der Waals surface area contributed by atoms with Crippen LogP contribution in [0.3, 0.4) is 0 Å². The van der Waals surface area contributed by atoms with Gasteiger partial charge in [0.05, 0.1) is 17.1 Å². The summed E-state index contributed by atoms with van der Waals surface area (Å²) in [5.41, 5.74) is 7.03. The Balaban J connectivity index is 0.816. The van der Waals surface area contributed by atoms with Crippen LogP contribution < -0.4 is 16.3 Å². The fourth-order valence-corrected chi connectivity index (χ4v) is 8.48. The van der Waals surface area contributed by atoms with Crippen LogP contribution >= 0.6 is 0 Å². The molecule has 0 radical (unpaired) electrons. The Bertz CT molecular complexity index is 2200. The Morgan fingerprint density at radius 2 is 1.63 bits per heavy atom. The van der Waals surface area contributed by atoms with Gasteiger partial charge < -0.3 is 19.7 Å². The quantitative estimate of drug-likeness (QED) is 0.0611. The molecule has 57 heavy (non-hydrogen) atoms. The number of piperidine rings is 1. The van der Waals surface area contributed by atoms with Crippen molar-refractivity contribution in [1.82, 2.24) is 34.3 Å². The molecule has 2 fully saturated rings. The Hall–Kier alpha value is -4.65. The van der Waals surface area contributed by atoms with E-state index in [1.807, 2.05) is 24.4 Å². The molecule has 3 N–H and O–H groups in total. The first-order chi connectivity index (χ1) is 27.8. The Labute approximate surface area is 335 Å². The van der Waals surface area contributed by atoms with E-state index in [1.165, 1.54) is 34.1 Å². The number of imidazole rings is 1. The maximum atomic E-state index is 13.0. The van der Waals surface area contributed by atoms with Crippen LogP contribution in [-0.4, -0.2) is 66.5 Å². The molecule has 1 aliphatic heterocycles. The number of unbranched alkanes of at least 4 members (excludes halogenated alkanes) is 4. The van der Waals surface area contributed by atoms with E-state index in [-0.39, 0.29) is 24.1 Å². The first-order valence-corrected chi connectivity index (χ1v) is 21.3. The molecule has 12 heteroatoms. The minimum atomic E-state index is -0.670. The second kappa shape index (κ2) is 19.2. The van der Waals surface area contributed by atoms with Gasteiger partial charge in [0.15, 0.2) is 0 Å².